The predicted molar refractivity (Wildman–Crippen MR) is 48.6 cm³/mol. The van der Waals surface area contributed by atoms with Crippen molar-refractivity contribution in [1.82, 2.24) is 0 Å². The zero-order valence-corrected chi connectivity index (χ0v) is 7.81. The number of unbranched alkanes of at least 4 members (excludes halogenated alkanes) is 3. The van der Waals surface area contributed by atoms with Gasteiger partial charge in [0.2, 0.25) is 0 Å². The summed E-state index contributed by atoms with van der Waals surface area (Å²) in [5.41, 5.74) is 0. The van der Waals surface area contributed by atoms with Gasteiger partial charge in [0.15, 0.2) is 0 Å². The Balaban J connectivity index is 3.03. The zero-order chi connectivity index (χ0) is 8.53. The van der Waals surface area contributed by atoms with Gasteiger partial charge in [0.05, 0.1) is 0 Å². The fourth-order valence-corrected chi connectivity index (χ4v) is 1.20. The van der Waals surface area contributed by atoms with Crippen LogP contribution in [0, 0.1) is 5.92 Å². The Morgan fingerprint density at radius 3 is 2.55 bits per heavy atom. The summed E-state index contributed by atoms with van der Waals surface area (Å²) in [6.07, 6.45) is 8.26. The van der Waals surface area contributed by atoms with Crippen LogP contribution >= 0.6 is 0 Å². The number of rotatable bonds is 7. The summed E-state index contributed by atoms with van der Waals surface area (Å²) < 4.78 is 0. The molecule has 1 unspecified atom stereocenters. The fourth-order valence-electron chi connectivity index (χ4n) is 1.20. The van der Waals surface area contributed by atoms with E-state index in [0.29, 0.717) is 5.92 Å². The second kappa shape index (κ2) is 7.77. The monoisotopic (exact) mass is 156 g/mol. The Labute approximate surface area is 70.2 Å². The second-order valence-electron chi connectivity index (χ2n) is 3.36. The smallest absolute Gasteiger partial charge is 0.120 e. The summed E-state index contributed by atoms with van der Waals surface area (Å²) in [6.45, 7) is 4.37. The van der Waals surface area contributed by atoms with E-state index in [4.69, 9.17) is 0 Å². The van der Waals surface area contributed by atoms with Crippen LogP contribution in [-0.2, 0) is 4.79 Å². The van der Waals surface area contributed by atoms with Gasteiger partial charge in [-0.2, -0.15) is 0 Å². The molecule has 0 N–H and O–H groups in total. The molecule has 0 aromatic rings. The van der Waals surface area contributed by atoms with Crippen molar-refractivity contribution in [3.05, 3.63) is 0 Å². The van der Waals surface area contributed by atoms with Crippen molar-refractivity contribution in [1.29, 1.82) is 0 Å². The first kappa shape index (κ1) is 10.7. The molecule has 0 spiro atoms. The van der Waals surface area contributed by atoms with E-state index >= 15 is 0 Å². The molecule has 0 bridgehead atoms. The summed E-state index contributed by atoms with van der Waals surface area (Å²) >= 11 is 0. The highest BCUT2D eigenvalue weighted by Crippen LogP contribution is 2.11. The van der Waals surface area contributed by atoms with Crippen LogP contribution in [0.1, 0.15) is 52.4 Å². The first-order valence-electron chi connectivity index (χ1n) is 4.74. The third-order valence-corrected chi connectivity index (χ3v) is 2.05. The Kier molecular flexibility index (Phi) is 7.54. The van der Waals surface area contributed by atoms with Crippen molar-refractivity contribution in [3.8, 4) is 0 Å². The lowest BCUT2D eigenvalue weighted by Gasteiger charge is -2.05. The minimum Gasteiger partial charge on any atom is -0.303 e. The van der Waals surface area contributed by atoms with Crippen LogP contribution in [0.15, 0.2) is 0 Å². The number of aldehydes is 1. The quantitative estimate of drug-likeness (QED) is 0.408. The number of carbonyl (C=O) groups excluding carboxylic acids is 1. The molecule has 0 radical (unpaired) electrons. The Morgan fingerprint density at radius 2 is 2.00 bits per heavy atom. The third kappa shape index (κ3) is 7.57. The van der Waals surface area contributed by atoms with Crippen LogP contribution in [0.5, 0.6) is 0 Å². The highest BCUT2D eigenvalue weighted by molar-refractivity contribution is 5.49. The Morgan fingerprint density at radius 1 is 1.27 bits per heavy atom. The standard InChI is InChI=1S/C10H20O/c1-3-4-5-6-7-10(2)8-9-11/h9-10H,3-8H2,1-2H3. The number of hydrogen-bond acceptors (Lipinski definition) is 1. The molecule has 0 amide bonds. The van der Waals surface area contributed by atoms with Crippen LogP contribution in [0.4, 0.5) is 0 Å². The van der Waals surface area contributed by atoms with Gasteiger partial charge in [0.1, 0.15) is 6.29 Å². The molecule has 0 aromatic heterocycles. The first-order chi connectivity index (χ1) is 5.31. The largest absolute Gasteiger partial charge is 0.303 e. The molecule has 11 heavy (non-hydrogen) atoms. The summed E-state index contributed by atoms with van der Waals surface area (Å²) in [5, 5.41) is 0. The molecule has 0 heterocycles. The summed E-state index contributed by atoms with van der Waals surface area (Å²) in [6, 6.07) is 0. The van der Waals surface area contributed by atoms with Gasteiger partial charge in [0.25, 0.3) is 0 Å². The molecule has 1 heteroatoms. The van der Waals surface area contributed by atoms with Crippen LogP contribution in [0.2, 0.25) is 0 Å². The molecule has 1 atom stereocenters. The molecule has 0 aromatic carbocycles. The maximum Gasteiger partial charge on any atom is 0.120 e. The lowest BCUT2D eigenvalue weighted by atomic mass is 10.0. The van der Waals surface area contributed by atoms with Crippen molar-refractivity contribution in [2.75, 3.05) is 0 Å². The minimum absolute atomic E-state index is 0.601. The number of carbonyl (C=O) groups is 1. The second-order valence-corrected chi connectivity index (χ2v) is 3.36. The third-order valence-electron chi connectivity index (χ3n) is 2.05. The van der Waals surface area contributed by atoms with Gasteiger partial charge < -0.3 is 4.79 Å². The van der Waals surface area contributed by atoms with Gasteiger partial charge in [-0.1, -0.05) is 46.0 Å². The van der Waals surface area contributed by atoms with E-state index in [-0.39, 0.29) is 0 Å². The van der Waals surface area contributed by atoms with Crippen molar-refractivity contribution >= 4 is 6.29 Å². The lowest BCUT2D eigenvalue weighted by Crippen LogP contribution is -1.94. The van der Waals surface area contributed by atoms with Gasteiger partial charge in [0, 0.05) is 6.42 Å². The summed E-state index contributed by atoms with van der Waals surface area (Å²) in [7, 11) is 0. The molecular formula is C10H20O. The maximum atomic E-state index is 10.1. The zero-order valence-electron chi connectivity index (χ0n) is 7.81. The molecular weight excluding hydrogens is 136 g/mol. The van der Waals surface area contributed by atoms with E-state index < -0.39 is 0 Å². The molecule has 0 aliphatic heterocycles. The molecule has 0 aliphatic carbocycles. The molecule has 1 nitrogen and oxygen atoms in total. The van der Waals surface area contributed by atoms with Crippen LogP contribution in [0.3, 0.4) is 0 Å². The lowest BCUT2D eigenvalue weighted by molar-refractivity contribution is -0.108. The van der Waals surface area contributed by atoms with Gasteiger partial charge in [-0.25, -0.2) is 0 Å². The fraction of sp³-hybridized carbons (Fsp3) is 0.900. The maximum absolute atomic E-state index is 10.1. The average molecular weight is 156 g/mol. The van der Waals surface area contributed by atoms with Gasteiger partial charge in [-0.3, -0.25) is 0 Å². The summed E-state index contributed by atoms with van der Waals surface area (Å²) in [4.78, 5) is 10.1. The van der Waals surface area contributed by atoms with Crippen molar-refractivity contribution < 1.29 is 4.79 Å². The van der Waals surface area contributed by atoms with Gasteiger partial charge >= 0.3 is 0 Å². The van der Waals surface area contributed by atoms with Gasteiger partial charge in [-0.05, 0) is 5.92 Å². The molecule has 0 rings (SSSR count). The highest BCUT2D eigenvalue weighted by atomic mass is 16.1. The van der Waals surface area contributed by atoms with Crippen LogP contribution in [0.25, 0.3) is 0 Å². The van der Waals surface area contributed by atoms with E-state index in [9.17, 15) is 4.79 Å². The Hall–Kier alpha value is -0.330. The molecule has 0 fully saturated rings. The summed E-state index contributed by atoms with van der Waals surface area (Å²) in [5.74, 6) is 0.601. The highest BCUT2D eigenvalue weighted by Gasteiger charge is 1.99. The SMILES string of the molecule is CCCCCCC(C)CC=O. The first-order valence-corrected chi connectivity index (χ1v) is 4.74. The van der Waals surface area contributed by atoms with E-state index in [1.807, 2.05) is 0 Å². The van der Waals surface area contributed by atoms with Crippen molar-refractivity contribution in [3.63, 3.8) is 0 Å². The predicted octanol–water partition coefficient (Wildman–Crippen LogP) is 3.18. The van der Waals surface area contributed by atoms with E-state index in [0.717, 1.165) is 12.7 Å². The van der Waals surface area contributed by atoms with E-state index in [2.05, 4.69) is 13.8 Å². The van der Waals surface area contributed by atoms with Crippen LogP contribution in [-0.4, -0.2) is 6.29 Å². The molecule has 66 valence electrons. The molecule has 0 saturated carbocycles. The topological polar surface area (TPSA) is 17.1 Å². The van der Waals surface area contributed by atoms with Crippen LogP contribution < -0.4 is 0 Å². The van der Waals surface area contributed by atoms with Crippen molar-refractivity contribution in [2.24, 2.45) is 5.92 Å². The van der Waals surface area contributed by atoms with Gasteiger partial charge in [-0.15, -0.1) is 0 Å². The molecule has 0 aliphatic rings. The van der Waals surface area contributed by atoms with E-state index in [1.165, 1.54) is 32.1 Å². The van der Waals surface area contributed by atoms with Crippen molar-refractivity contribution in [2.45, 2.75) is 52.4 Å². The molecule has 0 saturated heterocycles. The average Bonchev–Trinajstić information content (AvgIpc) is 1.99. The minimum atomic E-state index is 0.601. The normalized spacial score (nSPS) is 12.9. The van der Waals surface area contributed by atoms with E-state index in [1.54, 1.807) is 0 Å². The Bertz CT molecular complexity index is 88.9. The number of hydrogen-bond donors (Lipinski definition) is 0.